The summed E-state index contributed by atoms with van der Waals surface area (Å²) in [6.45, 7) is 1.79. The molecule has 0 aliphatic heterocycles. The van der Waals surface area contributed by atoms with E-state index in [1.807, 2.05) is 12.1 Å². The zero-order chi connectivity index (χ0) is 22.5. The van der Waals surface area contributed by atoms with E-state index in [1.165, 1.54) is 17.8 Å². The third-order valence-electron chi connectivity index (χ3n) is 4.16. The van der Waals surface area contributed by atoms with E-state index in [-0.39, 0.29) is 22.1 Å². The van der Waals surface area contributed by atoms with Crippen LogP contribution in [0.2, 0.25) is 20.1 Å². The number of hydrogen-bond donors (Lipinski definition) is 2. The number of anilines is 2. The van der Waals surface area contributed by atoms with Gasteiger partial charge in [-0.2, -0.15) is 0 Å². The maximum atomic E-state index is 12.5. The fourth-order valence-electron chi connectivity index (χ4n) is 2.57. The molecule has 0 saturated heterocycles. The standard InChI is InChI=1S/C22H16Cl4N2O2S/c1-12(21(29)28-20-11-14(24)3-9-18(20)25)31-16-6-4-15(5-7-16)27-22(30)17-8-2-13(23)10-19(17)26/h2-12H,1H3,(H,27,30)(H,28,29). The maximum absolute atomic E-state index is 12.5. The van der Waals surface area contributed by atoms with Gasteiger partial charge in [0, 0.05) is 20.6 Å². The molecule has 3 rings (SSSR count). The summed E-state index contributed by atoms with van der Waals surface area (Å²) in [5, 5.41) is 6.81. The fraction of sp³-hybridized carbons (Fsp3) is 0.0909. The molecule has 0 fully saturated rings. The third-order valence-corrected chi connectivity index (χ3v) is 6.38. The molecule has 0 aromatic heterocycles. The highest BCUT2D eigenvalue weighted by Crippen LogP contribution is 2.29. The van der Waals surface area contributed by atoms with Gasteiger partial charge in [-0.15, -0.1) is 11.8 Å². The number of carbonyl (C=O) groups excluding carboxylic acids is 2. The molecule has 0 spiro atoms. The van der Waals surface area contributed by atoms with Crippen LogP contribution in [0.3, 0.4) is 0 Å². The second-order valence-corrected chi connectivity index (χ2v) is 9.58. The largest absolute Gasteiger partial charge is 0.324 e. The van der Waals surface area contributed by atoms with Crippen molar-refractivity contribution in [2.24, 2.45) is 0 Å². The lowest BCUT2D eigenvalue weighted by Crippen LogP contribution is -2.22. The molecule has 9 heteroatoms. The molecule has 0 aliphatic carbocycles. The van der Waals surface area contributed by atoms with E-state index in [1.54, 1.807) is 49.4 Å². The second-order valence-electron chi connectivity index (χ2n) is 6.48. The predicted octanol–water partition coefficient (Wildman–Crippen LogP) is 7.67. The Morgan fingerprint density at radius 2 is 1.45 bits per heavy atom. The molecule has 160 valence electrons. The topological polar surface area (TPSA) is 58.2 Å². The van der Waals surface area contributed by atoms with Crippen LogP contribution in [0.15, 0.2) is 65.6 Å². The zero-order valence-corrected chi connectivity index (χ0v) is 19.9. The summed E-state index contributed by atoms with van der Waals surface area (Å²) >= 11 is 25.4. The monoisotopic (exact) mass is 512 g/mol. The first-order chi connectivity index (χ1) is 14.7. The van der Waals surface area contributed by atoms with Crippen molar-refractivity contribution in [1.29, 1.82) is 0 Å². The molecule has 3 aromatic carbocycles. The SMILES string of the molecule is CC(Sc1ccc(NC(=O)c2ccc(Cl)cc2Cl)cc1)C(=O)Nc1cc(Cl)ccc1Cl. The maximum Gasteiger partial charge on any atom is 0.257 e. The van der Waals surface area contributed by atoms with Gasteiger partial charge in [0.15, 0.2) is 0 Å². The van der Waals surface area contributed by atoms with Crippen LogP contribution in [0.5, 0.6) is 0 Å². The number of carbonyl (C=O) groups is 2. The van der Waals surface area contributed by atoms with Crippen molar-refractivity contribution in [3.05, 3.63) is 86.3 Å². The Kier molecular flexibility index (Phi) is 8.14. The Labute approximate surface area is 204 Å². The van der Waals surface area contributed by atoms with Gasteiger partial charge in [0.05, 0.1) is 26.5 Å². The molecule has 0 heterocycles. The van der Waals surface area contributed by atoms with Crippen molar-refractivity contribution in [1.82, 2.24) is 0 Å². The number of thioether (sulfide) groups is 1. The molecule has 2 N–H and O–H groups in total. The van der Waals surface area contributed by atoms with Crippen LogP contribution in [0.25, 0.3) is 0 Å². The summed E-state index contributed by atoms with van der Waals surface area (Å²) in [7, 11) is 0. The van der Waals surface area contributed by atoms with E-state index in [0.717, 1.165) is 4.90 Å². The number of halogens is 4. The molecule has 0 saturated carbocycles. The molecule has 4 nitrogen and oxygen atoms in total. The van der Waals surface area contributed by atoms with E-state index in [0.29, 0.717) is 32.0 Å². The predicted molar refractivity (Wildman–Crippen MR) is 131 cm³/mol. The van der Waals surface area contributed by atoms with Crippen molar-refractivity contribution in [3.63, 3.8) is 0 Å². The van der Waals surface area contributed by atoms with E-state index < -0.39 is 0 Å². The Morgan fingerprint density at radius 1 is 0.806 bits per heavy atom. The molecule has 2 amide bonds. The number of amides is 2. The number of hydrogen-bond acceptors (Lipinski definition) is 3. The highest BCUT2D eigenvalue weighted by molar-refractivity contribution is 8.00. The van der Waals surface area contributed by atoms with Crippen molar-refractivity contribution in [3.8, 4) is 0 Å². The lowest BCUT2D eigenvalue weighted by Gasteiger charge is -2.14. The van der Waals surface area contributed by atoms with E-state index in [9.17, 15) is 9.59 Å². The summed E-state index contributed by atoms with van der Waals surface area (Å²) in [5.74, 6) is -0.544. The van der Waals surface area contributed by atoms with Crippen LogP contribution in [0.1, 0.15) is 17.3 Å². The van der Waals surface area contributed by atoms with Crippen LogP contribution < -0.4 is 10.6 Å². The molecule has 1 atom stereocenters. The smallest absolute Gasteiger partial charge is 0.257 e. The first-order valence-electron chi connectivity index (χ1n) is 9.02. The van der Waals surface area contributed by atoms with Gasteiger partial charge >= 0.3 is 0 Å². The summed E-state index contributed by atoms with van der Waals surface area (Å²) in [4.78, 5) is 25.8. The fourth-order valence-corrected chi connectivity index (χ4v) is 4.27. The molecular weight excluding hydrogens is 498 g/mol. The molecule has 3 aromatic rings. The third kappa shape index (κ3) is 6.55. The first kappa shape index (κ1) is 23.8. The molecule has 0 aliphatic rings. The summed E-state index contributed by atoms with van der Waals surface area (Å²) in [5.41, 5.74) is 1.39. The Balaban J connectivity index is 1.60. The van der Waals surface area contributed by atoms with Gasteiger partial charge in [-0.3, -0.25) is 9.59 Å². The van der Waals surface area contributed by atoms with Gasteiger partial charge in [0.25, 0.3) is 5.91 Å². The van der Waals surface area contributed by atoms with Gasteiger partial charge < -0.3 is 10.6 Å². The van der Waals surface area contributed by atoms with E-state index in [2.05, 4.69) is 10.6 Å². The van der Waals surface area contributed by atoms with Gasteiger partial charge in [-0.05, 0) is 67.6 Å². The van der Waals surface area contributed by atoms with Gasteiger partial charge in [-0.1, -0.05) is 46.4 Å². The first-order valence-corrected chi connectivity index (χ1v) is 11.4. The summed E-state index contributed by atoms with van der Waals surface area (Å²) in [6.07, 6.45) is 0. The molecule has 0 bridgehead atoms. The molecule has 1 unspecified atom stereocenters. The summed E-state index contributed by atoms with van der Waals surface area (Å²) in [6, 6.07) is 16.7. The number of nitrogens with one attached hydrogen (secondary N) is 2. The average molecular weight is 514 g/mol. The van der Waals surface area contributed by atoms with E-state index >= 15 is 0 Å². The van der Waals surface area contributed by atoms with Crippen LogP contribution in [-0.4, -0.2) is 17.1 Å². The average Bonchev–Trinajstić information content (AvgIpc) is 2.72. The minimum Gasteiger partial charge on any atom is -0.324 e. The normalized spacial score (nSPS) is 11.6. The van der Waals surface area contributed by atoms with Gasteiger partial charge in [0.1, 0.15) is 0 Å². The van der Waals surface area contributed by atoms with Crippen molar-refractivity contribution in [2.75, 3.05) is 10.6 Å². The van der Waals surface area contributed by atoms with Crippen molar-refractivity contribution >= 4 is 81.4 Å². The molecule has 0 radical (unpaired) electrons. The quantitative estimate of drug-likeness (QED) is 0.332. The molecule has 31 heavy (non-hydrogen) atoms. The van der Waals surface area contributed by atoms with Crippen LogP contribution in [0.4, 0.5) is 11.4 Å². The van der Waals surface area contributed by atoms with Gasteiger partial charge in [-0.25, -0.2) is 0 Å². The van der Waals surface area contributed by atoms with Gasteiger partial charge in [0.2, 0.25) is 5.91 Å². The summed E-state index contributed by atoms with van der Waals surface area (Å²) < 4.78 is 0. The minimum atomic E-state index is -0.386. The Morgan fingerprint density at radius 3 is 2.13 bits per heavy atom. The Bertz CT molecular complexity index is 1120. The van der Waals surface area contributed by atoms with Crippen LogP contribution in [-0.2, 0) is 4.79 Å². The van der Waals surface area contributed by atoms with Crippen molar-refractivity contribution < 1.29 is 9.59 Å². The number of benzene rings is 3. The van der Waals surface area contributed by atoms with Crippen LogP contribution in [0, 0.1) is 0 Å². The second kappa shape index (κ2) is 10.6. The van der Waals surface area contributed by atoms with Crippen molar-refractivity contribution in [2.45, 2.75) is 17.1 Å². The highest BCUT2D eigenvalue weighted by atomic mass is 35.5. The zero-order valence-electron chi connectivity index (χ0n) is 16.1. The lowest BCUT2D eigenvalue weighted by atomic mass is 10.2. The van der Waals surface area contributed by atoms with Crippen LogP contribution >= 0.6 is 58.2 Å². The minimum absolute atomic E-state index is 0.205. The lowest BCUT2D eigenvalue weighted by molar-refractivity contribution is -0.115. The highest BCUT2D eigenvalue weighted by Gasteiger charge is 2.16. The Hall–Kier alpha value is -1.89. The van der Waals surface area contributed by atoms with E-state index in [4.69, 9.17) is 46.4 Å². The molecular formula is C22H16Cl4N2O2S. The number of rotatable bonds is 6.